The van der Waals surface area contributed by atoms with Gasteiger partial charge in [0.2, 0.25) is 0 Å². The van der Waals surface area contributed by atoms with Crippen molar-refractivity contribution in [3.63, 3.8) is 0 Å². The standard InChI is InChI=1S/C36H40N2/c1-8-13-14-15-22-37-32-20-21-34-36(26(32)7)31-24-30-28(19-18-27(16-9-2)29(30)17-10-3)23-35(31)38(34)33(12-5)25(6)11-4/h8,10-15,17-24,37H,1,9,16H2,2-7H3/b14-13-,17-10-,22-15-,25-11-,33-12+. The van der Waals surface area contributed by atoms with Crippen molar-refractivity contribution in [2.75, 3.05) is 5.32 Å². The summed E-state index contributed by atoms with van der Waals surface area (Å²) < 4.78 is 2.44. The summed E-state index contributed by atoms with van der Waals surface area (Å²) in [6, 6.07) is 13.9. The van der Waals surface area contributed by atoms with Gasteiger partial charge in [0.1, 0.15) is 0 Å². The summed E-state index contributed by atoms with van der Waals surface area (Å²) in [7, 11) is 0. The van der Waals surface area contributed by atoms with Crippen LogP contribution >= 0.6 is 0 Å². The molecular formula is C36H40N2. The van der Waals surface area contributed by atoms with Crippen molar-refractivity contribution in [1.82, 2.24) is 4.57 Å². The van der Waals surface area contributed by atoms with Crippen LogP contribution < -0.4 is 5.32 Å². The topological polar surface area (TPSA) is 17.0 Å². The van der Waals surface area contributed by atoms with Crippen molar-refractivity contribution in [1.29, 1.82) is 0 Å². The zero-order chi connectivity index (χ0) is 27.2. The molecule has 38 heavy (non-hydrogen) atoms. The third-order valence-electron chi connectivity index (χ3n) is 7.36. The third kappa shape index (κ3) is 4.91. The lowest BCUT2D eigenvalue weighted by atomic mass is 9.94. The predicted octanol–water partition coefficient (Wildman–Crippen LogP) is 10.7. The predicted molar refractivity (Wildman–Crippen MR) is 172 cm³/mol. The first-order valence-electron chi connectivity index (χ1n) is 13.7. The summed E-state index contributed by atoms with van der Waals surface area (Å²) in [5.74, 6) is 0. The van der Waals surface area contributed by atoms with Gasteiger partial charge in [0, 0.05) is 28.4 Å². The van der Waals surface area contributed by atoms with Gasteiger partial charge in [0.05, 0.1) is 11.0 Å². The number of anilines is 1. The number of hydrogen-bond donors (Lipinski definition) is 1. The zero-order valence-electron chi connectivity index (χ0n) is 23.7. The minimum Gasteiger partial charge on any atom is -0.361 e. The Kier molecular flexibility index (Phi) is 8.53. The Morgan fingerprint density at radius 2 is 1.76 bits per heavy atom. The second kappa shape index (κ2) is 12.0. The number of aryl methyl sites for hydroxylation is 2. The van der Waals surface area contributed by atoms with E-state index in [1.807, 2.05) is 24.4 Å². The molecule has 0 saturated carbocycles. The zero-order valence-corrected chi connectivity index (χ0v) is 23.7. The number of nitrogens with zero attached hydrogens (tertiary/aromatic N) is 1. The lowest BCUT2D eigenvalue weighted by molar-refractivity contribution is 0.921. The SMILES string of the molecule is C=C/C=C\C=C/Nc1ccc2c(c1C)c1cc3c(/C=C\C)c(CCC)ccc3cc1n2C(=C/C)/C(C)=C\C. The molecule has 0 amide bonds. The lowest BCUT2D eigenvalue weighted by Gasteiger charge is -2.15. The van der Waals surface area contributed by atoms with Crippen LogP contribution in [0, 0.1) is 6.92 Å². The highest BCUT2D eigenvalue weighted by atomic mass is 15.0. The second-order valence-corrected chi connectivity index (χ2v) is 9.72. The molecule has 0 aliphatic rings. The van der Waals surface area contributed by atoms with E-state index in [2.05, 4.69) is 119 Å². The monoisotopic (exact) mass is 500 g/mol. The summed E-state index contributed by atoms with van der Waals surface area (Å²) in [5.41, 5.74) is 10.1. The molecule has 1 aromatic heterocycles. The maximum Gasteiger partial charge on any atom is 0.0547 e. The van der Waals surface area contributed by atoms with Gasteiger partial charge in [-0.3, -0.25) is 0 Å². The average Bonchev–Trinajstić information content (AvgIpc) is 3.24. The number of fused-ring (bicyclic) bond motifs is 4. The average molecular weight is 501 g/mol. The van der Waals surface area contributed by atoms with E-state index in [0.717, 1.165) is 18.5 Å². The van der Waals surface area contributed by atoms with E-state index in [-0.39, 0.29) is 0 Å². The number of allylic oxidation sites excluding steroid dienone is 9. The molecule has 0 unspecified atom stereocenters. The number of rotatable bonds is 9. The first-order valence-corrected chi connectivity index (χ1v) is 13.7. The van der Waals surface area contributed by atoms with Crippen LogP contribution in [0.1, 0.15) is 57.7 Å². The van der Waals surface area contributed by atoms with Crippen molar-refractivity contribution in [3.05, 3.63) is 114 Å². The van der Waals surface area contributed by atoms with E-state index in [9.17, 15) is 0 Å². The smallest absolute Gasteiger partial charge is 0.0547 e. The van der Waals surface area contributed by atoms with Crippen LogP contribution in [0.4, 0.5) is 5.69 Å². The third-order valence-corrected chi connectivity index (χ3v) is 7.36. The van der Waals surface area contributed by atoms with Crippen LogP contribution in [0.5, 0.6) is 0 Å². The summed E-state index contributed by atoms with van der Waals surface area (Å²) in [5, 5.41) is 8.66. The molecule has 194 valence electrons. The number of benzene rings is 3. The van der Waals surface area contributed by atoms with Gasteiger partial charge in [-0.15, -0.1) is 0 Å². The van der Waals surface area contributed by atoms with E-state index in [1.165, 1.54) is 60.5 Å². The maximum absolute atomic E-state index is 3.73. The van der Waals surface area contributed by atoms with E-state index in [1.54, 1.807) is 6.08 Å². The Labute approximate surface area is 228 Å². The fourth-order valence-corrected chi connectivity index (χ4v) is 5.45. The van der Waals surface area contributed by atoms with Gasteiger partial charge in [-0.2, -0.15) is 0 Å². The molecule has 1 N–H and O–H groups in total. The van der Waals surface area contributed by atoms with Gasteiger partial charge in [0.15, 0.2) is 0 Å². The fourth-order valence-electron chi connectivity index (χ4n) is 5.45. The van der Waals surface area contributed by atoms with Crippen LogP contribution in [0.2, 0.25) is 0 Å². The largest absolute Gasteiger partial charge is 0.361 e. The molecule has 0 radical (unpaired) electrons. The molecule has 0 spiro atoms. The Hall–Kier alpha value is -4.04. The van der Waals surface area contributed by atoms with Crippen LogP contribution in [-0.2, 0) is 6.42 Å². The second-order valence-electron chi connectivity index (χ2n) is 9.72. The van der Waals surface area contributed by atoms with Crippen molar-refractivity contribution >= 4 is 50.0 Å². The fraction of sp³-hybridized carbons (Fsp3) is 0.222. The first-order chi connectivity index (χ1) is 18.5. The summed E-state index contributed by atoms with van der Waals surface area (Å²) in [4.78, 5) is 0. The molecule has 0 bridgehead atoms. The van der Waals surface area contributed by atoms with Crippen molar-refractivity contribution in [2.24, 2.45) is 0 Å². The van der Waals surface area contributed by atoms with Crippen molar-refractivity contribution in [3.8, 4) is 0 Å². The van der Waals surface area contributed by atoms with E-state index in [4.69, 9.17) is 0 Å². The molecule has 4 rings (SSSR count). The van der Waals surface area contributed by atoms with Crippen LogP contribution in [0.25, 0.3) is 44.4 Å². The van der Waals surface area contributed by atoms with Crippen LogP contribution in [0.15, 0.2) is 97.3 Å². The minimum absolute atomic E-state index is 1.08. The molecule has 3 aromatic carbocycles. The molecular weight excluding hydrogens is 460 g/mol. The minimum atomic E-state index is 1.08. The highest BCUT2D eigenvalue weighted by Crippen LogP contribution is 2.41. The van der Waals surface area contributed by atoms with Crippen molar-refractivity contribution < 1.29 is 0 Å². The molecule has 0 fully saturated rings. The number of hydrogen-bond acceptors (Lipinski definition) is 1. The highest BCUT2D eigenvalue weighted by molar-refractivity contribution is 6.17. The van der Waals surface area contributed by atoms with Crippen LogP contribution in [-0.4, -0.2) is 4.57 Å². The Morgan fingerprint density at radius 3 is 2.45 bits per heavy atom. The molecule has 4 aromatic rings. The van der Waals surface area contributed by atoms with E-state index in [0.29, 0.717) is 0 Å². The normalized spacial score (nSPS) is 13.3. The van der Waals surface area contributed by atoms with E-state index >= 15 is 0 Å². The van der Waals surface area contributed by atoms with Gasteiger partial charge < -0.3 is 9.88 Å². The molecule has 0 aliphatic carbocycles. The molecule has 0 atom stereocenters. The van der Waals surface area contributed by atoms with Gasteiger partial charge in [0.25, 0.3) is 0 Å². The summed E-state index contributed by atoms with van der Waals surface area (Å²) >= 11 is 0. The molecule has 1 heterocycles. The highest BCUT2D eigenvalue weighted by Gasteiger charge is 2.19. The van der Waals surface area contributed by atoms with Gasteiger partial charge in [-0.05, 0) is 104 Å². The lowest BCUT2D eigenvalue weighted by Crippen LogP contribution is -1.99. The van der Waals surface area contributed by atoms with Gasteiger partial charge in [-0.1, -0.05) is 74.6 Å². The number of nitrogens with one attached hydrogen (secondary N) is 1. The van der Waals surface area contributed by atoms with Gasteiger partial charge >= 0.3 is 0 Å². The molecule has 0 aliphatic heterocycles. The maximum atomic E-state index is 3.73. The number of aromatic nitrogens is 1. The van der Waals surface area contributed by atoms with Crippen LogP contribution in [0.3, 0.4) is 0 Å². The quantitative estimate of drug-likeness (QED) is 0.226. The first kappa shape index (κ1) is 27.0. The Balaban J connectivity index is 2.11. The Bertz CT molecular complexity index is 1650. The van der Waals surface area contributed by atoms with E-state index < -0.39 is 0 Å². The van der Waals surface area contributed by atoms with Crippen molar-refractivity contribution in [2.45, 2.75) is 54.4 Å². The molecule has 2 heteroatoms. The Morgan fingerprint density at radius 1 is 0.947 bits per heavy atom. The molecule has 2 nitrogen and oxygen atoms in total. The summed E-state index contributed by atoms with van der Waals surface area (Å²) in [6.45, 7) is 16.8. The molecule has 0 saturated heterocycles. The van der Waals surface area contributed by atoms with Gasteiger partial charge in [-0.25, -0.2) is 0 Å². The summed E-state index contributed by atoms with van der Waals surface area (Å²) in [6.07, 6.45) is 20.7.